The van der Waals surface area contributed by atoms with Crippen molar-refractivity contribution in [3.8, 4) is 0 Å². The molecule has 2 aromatic rings. The predicted octanol–water partition coefficient (Wildman–Crippen LogP) is 1.97. The summed E-state index contributed by atoms with van der Waals surface area (Å²) < 4.78 is 6.47. The van der Waals surface area contributed by atoms with Crippen LogP contribution < -0.4 is 11.3 Å². The Morgan fingerprint density at radius 3 is 2.90 bits per heavy atom. The Morgan fingerprint density at radius 1 is 1.43 bits per heavy atom. The zero-order valence-corrected chi connectivity index (χ0v) is 13.2. The summed E-state index contributed by atoms with van der Waals surface area (Å²) in [7, 11) is 2.02. The van der Waals surface area contributed by atoms with Gasteiger partial charge in [-0.05, 0) is 31.0 Å². The quantitative estimate of drug-likeness (QED) is 0.355. The number of carbonyl (C=O) groups excluding carboxylic acids is 1. The monoisotopic (exact) mass is 307 g/mol. The number of nitrogens with two attached hydrogens (primary N) is 1. The van der Waals surface area contributed by atoms with Crippen LogP contribution in [0.4, 0.5) is 0 Å². The van der Waals surface area contributed by atoms with Gasteiger partial charge in [-0.3, -0.25) is 15.1 Å². The summed E-state index contributed by atoms with van der Waals surface area (Å²) in [4.78, 5) is 14.8. The third kappa shape index (κ3) is 3.79. The SMILES string of the molecule is CCOCCN(C)Cc1c(C(=O)NN)sc2ccccc12. The van der Waals surface area contributed by atoms with E-state index < -0.39 is 0 Å². The van der Waals surface area contributed by atoms with Crippen molar-refractivity contribution >= 4 is 27.3 Å². The van der Waals surface area contributed by atoms with E-state index >= 15 is 0 Å². The molecule has 3 N–H and O–H groups in total. The molecule has 0 saturated carbocycles. The largest absolute Gasteiger partial charge is 0.380 e. The molecular weight excluding hydrogens is 286 g/mol. The van der Waals surface area contributed by atoms with Crippen molar-refractivity contribution in [2.24, 2.45) is 5.84 Å². The molecule has 0 unspecified atom stereocenters. The molecule has 0 spiro atoms. The molecule has 1 aromatic carbocycles. The molecule has 0 aliphatic rings. The van der Waals surface area contributed by atoms with Crippen LogP contribution >= 0.6 is 11.3 Å². The number of nitrogen functional groups attached to an aromatic ring is 1. The Bertz CT molecular complexity index is 612. The van der Waals surface area contributed by atoms with Gasteiger partial charge in [0.25, 0.3) is 5.91 Å². The summed E-state index contributed by atoms with van der Waals surface area (Å²) in [6.07, 6.45) is 0. The number of rotatable bonds is 7. The Labute approximate surface area is 128 Å². The molecule has 0 atom stereocenters. The number of nitrogens with one attached hydrogen (secondary N) is 1. The van der Waals surface area contributed by atoms with Crippen molar-refractivity contribution in [2.75, 3.05) is 26.8 Å². The lowest BCUT2D eigenvalue weighted by atomic mass is 10.1. The fourth-order valence-corrected chi connectivity index (χ4v) is 3.34. The van der Waals surface area contributed by atoms with Gasteiger partial charge in [-0.2, -0.15) is 0 Å². The van der Waals surface area contributed by atoms with Gasteiger partial charge in [0.05, 0.1) is 11.5 Å². The van der Waals surface area contributed by atoms with E-state index in [-0.39, 0.29) is 5.91 Å². The first-order chi connectivity index (χ1) is 10.2. The number of ether oxygens (including phenoxy) is 1. The van der Waals surface area contributed by atoms with Crippen molar-refractivity contribution in [1.82, 2.24) is 10.3 Å². The van der Waals surface area contributed by atoms with Crippen LogP contribution in [0.5, 0.6) is 0 Å². The number of amides is 1. The van der Waals surface area contributed by atoms with Crippen LogP contribution in [0.15, 0.2) is 24.3 Å². The number of hydrogen-bond acceptors (Lipinski definition) is 5. The molecule has 0 aliphatic heterocycles. The molecule has 0 radical (unpaired) electrons. The molecule has 0 saturated heterocycles. The topological polar surface area (TPSA) is 67.6 Å². The van der Waals surface area contributed by atoms with Gasteiger partial charge in [-0.25, -0.2) is 5.84 Å². The number of carbonyl (C=O) groups is 1. The van der Waals surface area contributed by atoms with E-state index in [1.807, 2.05) is 38.2 Å². The Morgan fingerprint density at radius 2 is 2.19 bits per heavy atom. The van der Waals surface area contributed by atoms with Crippen LogP contribution in [-0.2, 0) is 11.3 Å². The van der Waals surface area contributed by atoms with E-state index in [4.69, 9.17) is 10.6 Å². The first-order valence-electron chi connectivity index (χ1n) is 6.95. The van der Waals surface area contributed by atoms with Crippen LogP contribution in [-0.4, -0.2) is 37.6 Å². The number of likely N-dealkylation sites (N-methyl/N-ethyl adjacent to an activating group) is 1. The molecule has 1 aromatic heterocycles. The number of fused-ring (bicyclic) bond motifs is 1. The van der Waals surface area contributed by atoms with E-state index in [0.29, 0.717) is 18.0 Å². The fraction of sp³-hybridized carbons (Fsp3) is 0.400. The summed E-state index contributed by atoms with van der Waals surface area (Å²) in [5.74, 6) is 5.07. The van der Waals surface area contributed by atoms with Crippen LogP contribution in [0, 0.1) is 0 Å². The lowest BCUT2D eigenvalue weighted by Gasteiger charge is -2.17. The third-order valence-corrected chi connectivity index (χ3v) is 4.50. The first-order valence-corrected chi connectivity index (χ1v) is 7.76. The van der Waals surface area contributed by atoms with Gasteiger partial charge in [0.2, 0.25) is 0 Å². The van der Waals surface area contributed by atoms with Gasteiger partial charge in [0.15, 0.2) is 0 Å². The van der Waals surface area contributed by atoms with Gasteiger partial charge in [-0.1, -0.05) is 18.2 Å². The highest BCUT2D eigenvalue weighted by Crippen LogP contribution is 2.31. The molecule has 6 heteroatoms. The van der Waals surface area contributed by atoms with Gasteiger partial charge >= 0.3 is 0 Å². The second-order valence-electron chi connectivity index (χ2n) is 4.81. The zero-order chi connectivity index (χ0) is 15.2. The zero-order valence-electron chi connectivity index (χ0n) is 12.4. The molecule has 2 rings (SSSR count). The Hall–Kier alpha value is -1.47. The van der Waals surface area contributed by atoms with Crippen LogP contribution in [0.1, 0.15) is 22.2 Å². The minimum atomic E-state index is -0.232. The molecule has 1 amide bonds. The van der Waals surface area contributed by atoms with Crippen molar-refractivity contribution in [2.45, 2.75) is 13.5 Å². The normalized spacial score (nSPS) is 11.2. The smallest absolute Gasteiger partial charge is 0.275 e. The van der Waals surface area contributed by atoms with Gasteiger partial charge < -0.3 is 4.74 Å². The third-order valence-electron chi connectivity index (χ3n) is 3.29. The van der Waals surface area contributed by atoms with Gasteiger partial charge in [0, 0.05) is 24.4 Å². The molecular formula is C15H21N3O2S. The standard InChI is InChI=1S/C15H21N3O2S/c1-3-20-9-8-18(2)10-12-11-6-4-5-7-13(11)21-14(12)15(19)17-16/h4-7H,3,8-10,16H2,1-2H3,(H,17,19). The summed E-state index contributed by atoms with van der Waals surface area (Å²) in [5.41, 5.74) is 3.26. The van der Waals surface area contributed by atoms with E-state index in [1.165, 1.54) is 11.3 Å². The maximum Gasteiger partial charge on any atom is 0.275 e. The summed E-state index contributed by atoms with van der Waals surface area (Å²) in [6, 6.07) is 8.04. The average molecular weight is 307 g/mol. The van der Waals surface area contributed by atoms with Crippen molar-refractivity contribution in [1.29, 1.82) is 0 Å². The molecule has 0 fully saturated rings. The minimum absolute atomic E-state index is 0.232. The van der Waals surface area contributed by atoms with Crippen LogP contribution in [0.2, 0.25) is 0 Å². The van der Waals surface area contributed by atoms with Crippen LogP contribution in [0.25, 0.3) is 10.1 Å². The second kappa shape index (κ2) is 7.51. The number of hydrazine groups is 1. The molecule has 1 heterocycles. The lowest BCUT2D eigenvalue weighted by molar-refractivity contribution is 0.0955. The number of thiophene rings is 1. The summed E-state index contributed by atoms with van der Waals surface area (Å²) in [5, 5.41) is 1.12. The van der Waals surface area contributed by atoms with Gasteiger partial charge in [0.1, 0.15) is 0 Å². The number of nitrogens with zero attached hydrogens (tertiary/aromatic N) is 1. The number of benzene rings is 1. The Kier molecular flexibility index (Phi) is 5.69. The molecule has 21 heavy (non-hydrogen) atoms. The fourth-order valence-electron chi connectivity index (χ4n) is 2.22. The van der Waals surface area contributed by atoms with E-state index in [9.17, 15) is 4.79 Å². The van der Waals surface area contributed by atoms with Crippen molar-refractivity contribution in [3.63, 3.8) is 0 Å². The van der Waals surface area contributed by atoms with E-state index in [0.717, 1.165) is 28.8 Å². The molecule has 114 valence electrons. The van der Waals surface area contributed by atoms with Gasteiger partial charge in [-0.15, -0.1) is 11.3 Å². The molecule has 0 aliphatic carbocycles. The lowest BCUT2D eigenvalue weighted by Crippen LogP contribution is -2.31. The predicted molar refractivity (Wildman–Crippen MR) is 86.3 cm³/mol. The highest BCUT2D eigenvalue weighted by molar-refractivity contribution is 7.21. The Balaban J connectivity index is 2.25. The minimum Gasteiger partial charge on any atom is -0.380 e. The molecule has 5 nitrogen and oxygen atoms in total. The van der Waals surface area contributed by atoms with E-state index in [1.54, 1.807) is 0 Å². The first kappa shape index (κ1) is 15.9. The highest BCUT2D eigenvalue weighted by atomic mass is 32.1. The molecule has 0 bridgehead atoms. The van der Waals surface area contributed by atoms with Crippen molar-refractivity contribution < 1.29 is 9.53 Å². The average Bonchev–Trinajstić information content (AvgIpc) is 2.85. The van der Waals surface area contributed by atoms with Crippen molar-refractivity contribution in [3.05, 3.63) is 34.7 Å². The maximum absolute atomic E-state index is 12.0. The summed E-state index contributed by atoms with van der Waals surface area (Å²) in [6.45, 7) is 4.90. The summed E-state index contributed by atoms with van der Waals surface area (Å²) >= 11 is 1.48. The number of hydrogen-bond donors (Lipinski definition) is 2. The van der Waals surface area contributed by atoms with E-state index in [2.05, 4.69) is 10.3 Å². The second-order valence-corrected chi connectivity index (χ2v) is 5.87. The highest BCUT2D eigenvalue weighted by Gasteiger charge is 2.18. The maximum atomic E-state index is 12.0. The van der Waals surface area contributed by atoms with Crippen LogP contribution in [0.3, 0.4) is 0 Å².